The Morgan fingerprint density at radius 2 is 2.05 bits per heavy atom. The van der Waals surface area contributed by atoms with E-state index in [1.807, 2.05) is 24.3 Å². The molecule has 1 aromatic heterocycles. The van der Waals surface area contributed by atoms with Gasteiger partial charge < -0.3 is 10.1 Å². The number of benzene rings is 1. The molecule has 5 heteroatoms. The average molecular weight is 304 g/mol. The number of halogens is 1. The standard InChI is InChI=1S/C16H18ClN3O/c1-21-15-7-6-11(17)10-13(15)14-8-9-18-16(20-14)19-12-4-2-3-5-12/h6-10,12H,2-5H2,1H3,(H,18,19,20). The molecule has 1 aromatic carbocycles. The van der Waals surface area contributed by atoms with Gasteiger partial charge in [-0.25, -0.2) is 9.97 Å². The molecule has 2 aromatic rings. The van der Waals surface area contributed by atoms with Crippen molar-refractivity contribution < 1.29 is 4.74 Å². The third-order valence-corrected chi connectivity index (χ3v) is 4.02. The molecule has 1 aliphatic carbocycles. The van der Waals surface area contributed by atoms with Crippen molar-refractivity contribution in [3.8, 4) is 17.0 Å². The predicted octanol–water partition coefficient (Wildman–Crippen LogP) is 4.16. The van der Waals surface area contributed by atoms with Gasteiger partial charge in [0.15, 0.2) is 0 Å². The minimum absolute atomic E-state index is 0.488. The fourth-order valence-corrected chi connectivity index (χ4v) is 2.88. The lowest BCUT2D eigenvalue weighted by Crippen LogP contribution is -2.16. The Morgan fingerprint density at radius 1 is 1.24 bits per heavy atom. The summed E-state index contributed by atoms with van der Waals surface area (Å²) in [4.78, 5) is 8.91. The van der Waals surface area contributed by atoms with Crippen LogP contribution in [-0.4, -0.2) is 23.1 Å². The second kappa shape index (κ2) is 6.31. The summed E-state index contributed by atoms with van der Waals surface area (Å²) >= 11 is 6.09. The van der Waals surface area contributed by atoms with Crippen molar-refractivity contribution >= 4 is 17.5 Å². The Labute approximate surface area is 129 Å². The highest BCUT2D eigenvalue weighted by Gasteiger charge is 2.16. The van der Waals surface area contributed by atoms with Crippen molar-refractivity contribution in [3.05, 3.63) is 35.5 Å². The van der Waals surface area contributed by atoms with Crippen LogP contribution in [0, 0.1) is 0 Å². The summed E-state index contributed by atoms with van der Waals surface area (Å²) in [5, 5.41) is 4.07. The number of anilines is 1. The molecular formula is C16H18ClN3O. The van der Waals surface area contributed by atoms with E-state index in [2.05, 4.69) is 15.3 Å². The lowest BCUT2D eigenvalue weighted by molar-refractivity contribution is 0.416. The van der Waals surface area contributed by atoms with Crippen LogP contribution in [-0.2, 0) is 0 Å². The summed E-state index contributed by atoms with van der Waals surface area (Å²) in [5.74, 6) is 1.42. The SMILES string of the molecule is COc1ccc(Cl)cc1-c1ccnc(NC2CCCC2)n1. The van der Waals surface area contributed by atoms with Crippen LogP contribution in [0.1, 0.15) is 25.7 Å². The Hall–Kier alpha value is -1.81. The van der Waals surface area contributed by atoms with E-state index < -0.39 is 0 Å². The Bertz CT molecular complexity index is 627. The molecule has 0 spiro atoms. The highest BCUT2D eigenvalue weighted by Crippen LogP contribution is 2.31. The molecule has 4 nitrogen and oxygen atoms in total. The topological polar surface area (TPSA) is 47.0 Å². The number of hydrogen-bond acceptors (Lipinski definition) is 4. The van der Waals surface area contributed by atoms with Crippen molar-refractivity contribution in [2.75, 3.05) is 12.4 Å². The first-order valence-electron chi connectivity index (χ1n) is 7.20. The number of nitrogens with zero attached hydrogens (tertiary/aromatic N) is 2. The number of ether oxygens (including phenoxy) is 1. The third kappa shape index (κ3) is 3.27. The van der Waals surface area contributed by atoms with Crippen LogP contribution in [0.25, 0.3) is 11.3 Å². The van der Waals surface area contributed by atoms with Crippen molar-refractivity contribution in [1.29, 1.82) is 0 Å². The molecule has 1 saturated carbocycles. The summed E-state index contributed by atoms with van der Waals surface area (Å²) < 4.78 is 5.39. The summed E-state index contributed by atoms with van der Waals surface area (Å²) in [5.41, 5.74) is 1.69. The first kappa shape index (κ1) is 14.1. The molecule has 1 N–H and O–H groups in total. The number of aromatic nitrogens is 2. The average Bonchev–Trinajstić information content (AvgIpc) is 3.00. The summed E-state index contributed by atoms with van der Waals surface area (Å²) in [6, 6.07) is 7.88. The van der Waals surface area contributed by atoms with Crippen LogP contribution in [0.2, 0.25) is 5.02 Å². The van der Waals surface area contributed by atoms with Gasteiger partial charge in [-0.3, -0.25) is 0 Å². The van der Waals surface area contributed by atoms with Gasteiger partial charge >= 0.3 is 0 Å². The Balaban J connectivity index is 1.90. The molecule has 0 amide bonds. The van der Waals surface area contributed by atoms with E-state index in [4.69, 9.17) is 16.3 Å². The fraction of sp³-hybridized carbons (Fsp3) is 0.375. The molecule has 1 fully saturated rings. The molecule has 0 atom stereocenters. The van der Waals surface area contributed by atoms with E-state index in [1.54, 1.807) is 13.3 Å². The molecule has 1 aliphatic rings. The van der Waals surface area contributed by atoms with Gasteiger partial charge in [-0.05, 0) is 37.1 Å². The lowest BCUT2D eigenvalue weighted by atomic mass is 10.1. The van der Waals surface area contributed by atoms with Gasteiger partial charge in [-0.1, -0.05) is 24.4 Å². The van der Waals surface area contributed by atoms with Crippen LogP contribution in [0.5, 0.6) is 5.75 Å². The van der Waals surface area contributed by atoms with E-state index in [-0.39, 0.29) is 0 Å². The normalized spacial score (nSPS) is 15.1. The fourth-order valence-electron chi connectivity index (χ4n) is 2.71. The summed E-state index contributed by atoms with van der Waals surface area (Å²) in [7, 11) is 1.64. The first-order valence-corrected chi connectivity index (χ1v) is 7.57. The zero-order valence-electron chi connectivity index (χ0n) is 12.0. The Morgan fingerprint density at radius 3 is 2.81 bits per heavy atom. The number of hydrogen-bond donors (Lipinski definition) is 1. The van der Waals surface area contributed by atoms with Gasteiger partial charge in [-0.15, -0.1) is 0 Å². The largest absolute Gasteiger partial charge is 0.496 e. The van der Waals surface area contributed by atoms with E-state index in [0.29, 0.717) is 17.0 Å². The molecule has 0 bridgehead atoms. The smallest absolute Gasteiger partial charge is 0.223 e. The maximum Gasteiger partial charge on any atom is 0.223 e. The Kier molecular flexibility index (Phi) is 4.25. The maximum absolute atomic E-state index is 6.09. The molecule has 0 unspecified atom stereocenters. The number of nitrogens with one attached hydrogen (secondary N) is 1. The number of rotatable bonds is 4. The van der Waals surface area contributed by atoms with E-state index >= 15 is 0 Å². The van der Waals surface area contributed by atoms with Crippen LogP contribution in [0.3, 0.4) is 0 Å². The van der Waals surface area contributed by atoms with E-state index in [1.165, 1.54) is 25.7 Å². The van der Waals surface area contributed by atoms with Crippen molar-refractivity contribution in [3.63, 3.8) is 0 Å². The van der Waals surface area contributed by atoms with Crippen LogP contribution in [0.15, 0.2) is 30.5 Å². The van der Waals surface area contributed by atoms with E-state index in [0.717, 1.165) is 17.0 Å². The zero-order valence-corrected chi connectivity index (χ0v) is 12.7. The van der Waals surface area contributed by atoms with Gasteiger partial charge in [0.25, 0.3) is 0 Å². The van der Waals surface area contributed by atoms with Gasteiger partial charge in [0, 0.05) is 22.8 Å². The van der Waals surface area contributed by atoms with Gasteiger partial charge in [0.2, 0.25) is 5.95 Å². The molecule has 0 saturated heterocycles. The van der Waals surface area contributed by atoms with Gasteiger partial charge in [0.05, 0.1) is 12.8 Å². The summed E-state index contributed by atoms with van der Waals surface area (Å²) in [6.45, 7) is 0. The third-order valence-electron chi connectivity index (χ3n) is 3.78. The molecule has 21 heavy (non-hydrogen) atoms. The maximum atomic E-state index is 6.09. The molecule has 1 heterocycles. The first-order chi connectivity index (χ1) is 10.3. The minimum atomic E-state index is 0.488. The minimum Gasteiger partial charge on any atom is -0.496 e. The van der Waals surface area contributed by atoms with Crippen LogP contribution < -0.4 is 10.1 Å². The quantitative estimate of drug-likeness (QED) is 0.921. The van der Waals surface area contributed by atoms with Crippen molar-refractivity contribution in [2.45, 2.75) is 31.7 Å². The molecule has 3 rings (SSSR count). The van der Waals surface area contributed by atoms with Crippen LogP contribution >= 0.6 is 11.6 Å². The van der Waals surface area contributed by atoms with Gasteiger partial charge in [0.1, 0.15) is 5.75 Å². The highest BCUT2D eigenvalue weighted by molar-refractivity contribution is 6.30. The van der Waals surface area contributed by atoms with Crippen molar-refractivity contribution in [1.82, 2.24) is 9.97 Å². The van der Waals surface area contributed by atoms with Crippen LogP contribution in [0.4, 0.5) is 5.95 Å². The zero-order chi connectivity index (χ0) is 14.7. The monoisotopic (exact) mass is 303 g/mol. The summed E-state index contributed by atoms with van der Waals surface area (Å²) in [6.07, 6.45) is 6.70. The van der Waals surface area contributed by atoms with Gasteiger partial charge in [-0.2, -0.15) is 0 Å². The highest BCUT2D eigenvalue weighted by atomic mass is 35.5. The molecule has 0 aliphatic heterocycles. The number of methoxy groups -OCH3 is 1. The van der Waals surface area contributed by atoms with Crippen molar-refractivity contribution in [2.24, 2.45) is 0 Å². The molecule has 0 radical (unpaired) electrons. The predicted molar refractivity (Wildman–Crippen MR) is 84.9 cm³/mol. The molecular weight excluding hydrogens is 286 g/mol. The molecule has 110 valence electrons. The van der Waals surface area contributed by atoms with E-state index in [9.17, 15) is 0 Å². The second-order valence-corrected chi connectivity index (χ2v) is 5.67. The second-order valence-electron chi connectivity index (χ2n) is 5.24. The lowest BCUT2D eigenvalue weighted by Gasteiger charge is -2.13.